The molecule has 2 aromatic carbocycles. The van der Waals surface area contributed by atoms with Gasteiger partial charge in [-0.2, -0.15) is 0 Å². The van der Waals surface area contributed by atoms with Gasteiger partial charge in [0.2, 0.25) is 5.91 Å². The third-order valence-electron chi connectivity index (χ3n) is 3.87. The molecule has 0 bridgehead atoms. The molecule has 2 aromatic rings. The van der Waals surface area contributed by atoms with Crippen LogP contribution < -0.4 is 10.2 Å². The third kappa shape index (κ3) is 3.99. The summed E-state index contributed by atoms with van der Waals surface area (Å²) in [6.45, 7) is 4.22. The van der Waals surface area contributed by atoms with Crippen LogP contribution in [0.3, 0.4) is 0 Å². The van der Waals surface area contributed by atoms with Gasteiger partial charge in [0.1, 0.15) is 0 Å². The minimum absolute atomic E-state index is 0.0128. The Morgan fingerprint density at radius 2 is 2.04 bits per heavy atom. The second-order valence-electron chi connectivity index (χ2n) is 6.17. The summed E-state index contributed by atoms with van der Waals surface area (Å²) in [6, 6.07) is 13.0. The summed E-state index contributed by atoms with van der Waals surface area (Å²) in [5.41, 5.74) is 2.19. The quantitative estimate of drug-likeness (QED) is 0.875. The Bertz CT molecular complexity index is 823. The topological polar surface area (TPSA) is 49.4 Å². The smallest absolute Gasteiger partial charge is 0.251 e. The van der Waals surface area contributed by atoms with Crippen LogP contribution in [0.15, 0.2) is 47.4 Å². The summed E-state index contributed by atoms with van der Waals surface area (Å²) in [5.74, 6) is 0.256. The van der Waals surface area contributed by atoms with E-state index < -0.39 is 0 Å². The molecular formula is C19H19ClN2O2S. The van der Waals surface area contributed by atoms with Gasteiger partial charge in [0.15, 0.2) is 0 Å². The molecule has 0 aromatic heterocycles. The summed E-state index contributed by atoms with van der Waals surface area (Å²) in [5, 5.41) is 3.51. The summed E-state index contributed by atoms with van der Waals surface area (Å²) in [6.07, 6.45) is 0. The van der Waals surface area contributed by atoms with Gasteiger partial charge in [0.05, 0.1) is 18.0 Å². The number of hydrogen-bond acceptors (Lipinski definition) is 3. The van der Waals surface area contributed by atoms with E-state index in [0.717, 1.165) is 16.1 Å². The van der Waals surface area contributed by atoms with Gasteiger partial charge in [-0.05, 0) is 43.7 Å². The fraction of sp³-hybridized carbons (Fsp3) is 0.263. The maximum Gasteiger partial charge on any atom is 0.251 e. The molecule has 130 valence electrons. The highest BCUT2D eigenvalue weighted by atomic mass is 35.5. The van der Waals surface area contributed by atoms with Crippen molar-refractivity contribution in [2.24, 2.45) is 0 Å². The number of hydrogen-bond donors (Lipinski definition) is 1. The molecule has 6 heteroatoms. The van der Waals surface area contributed by atoms with E-state index in [4.69, 9.17) is 11.6 Å². The van der Waals surface area contributed by atoms with Gasteiger partial charge in [-0.25, -0.2) is 0 Å². The van der Waals surface area contributed by atoms with E-state index in [-0.39, 0.29) is 17.9 Å². The number of fused-ring (bicyclic) bond motifs is 1. The van der Waals surface area contributed by atoms with Crippen molar-refractivity contribution in [1.82, 2.24) is 5.32 Å². The normalized spacial score (nSPS) is 13.8. The molecule has 3 rings (SSSR count). The molecule has 4 nitrogen and oxygen atoms in total. The van der Waals surface area contributed by atoms with E-state index in [0.29, 0.717) is 22.9 Å². The number of carbonyl (C=O) groups is 2. The Balaban J connectivity index is 1.95. The molecule has 0 radical (unpaired) electrons. The zero-order valence-electron chi connectivity index (χ0n) is 14.1. The zero-order valence-corrected chi connectivity index (χ0v) is 15.7. The third-order valence-corrected chi connectivity index (χ3v) is 5.29. The number of anilines is 1. The summed E-state index contributed by atoms with van der Waals surface area (Å²) in [7, 11) is 0. The largest absolute Gasteiger partial charge is 0.350 e. The Kier molecular flexibility index (Phi) is 5.35. The predicted octanol–water partition coefficient (Wildman–Crippen LogP) is 4.12. The molecule has 1 N–H and O–H groups in total. The fourth-order valence-electron chi connectivity index (χ4n) is 2.66. The SMILES string of the molecule is CC(C)NC(=O)c1ccc2c(c1)N(Cc1ccccc1Cl)C(=O)CS2. The monoisotopic (exact) mass is 374 g/mol. The van der Waals surface area contributed by atoms with Crippen LogP contribution in [0.5, 0.6) is 0 Å². The standard InChI is InChI=1S/C19H19ClN2O2S/c1-12(2)21-19(24)13-7-8-17-16(9-13)22(18(23)11-25-17)10-14-5-3-4-6-15(14)20/h3-9,12H,10-11H2,1-2H3,(H,21,24). The van der Waals surface area contributed by atoms with E-state index in [2.05, 4.69) is 5.32 Å². The number of benzene rings is 2. The van der Waals surface area contributed by atoms with Crippen LogP contribution in [0.4, 0.5) is 5.69 Å². The highest BCUT2D eigenvalue weighted by Crippen LogP contribution is 2.37. The highest BCUT2D eigenvalue weighted by Gasteiger charge is 2.26. The predicted molar refractivity (Wildman–Crippen MR) is 102 cm³/mol. The molecule has 0 saturated heterocycles. The lowest BCUT2D eigenvalue weighted by Crippen LogP contribution is -2.35. The molecule has 25 heavy (non-hydrogen) atoms. The molecule has 1 aliphatic rings. The number of amides is 2. The Morgan fingerprint density at radius 1 is 1.28 bits per heavy atom. The first-order valence-corrected chi connectivity index (χ1v) is 9.43. The Morgan fingerprint density at radius 3 is 2.76 bits per heavy atom. The van der Waals surface area contributed by atoms with E-state index in [1.165, 1.54) is 11.8 Å². The minimum atomic E-state index is -0.140. The second-order valence-corrected chi connectivity index (χ2v) is 7.60. The van der Waals surface area contributed by atoms with Crippen LogP contribution >= 0.6 is 23.4 Å². The number of nitrogens with one attached hydrogen (secondary N) is 1. The zero-order chi connectivity index (χ0) is 18.0. The van der Waals surface area contributed by atoms with Crippen LogP contribution in [-0.2, 0) is 11.3 Å². The number of halogens is 1. The summed E-state index contributed by atoms with van der Waals surface area (Å²) in [4.78, 5) is 27.5. The number of rotatable bonds is 4. The van der Waals surface area contributed by atoms with Gasteiger partial charge in [-0.1, -0.05) is 29.8 Å². The molecular weight excluding hydrogens is 356 g/mol. The van der Waals surface area contributed by atoms with Crippen molar-refractivity contribution in [2.45, 2.75) is 31.3 Å². The van der Waals surface area contributed by atoms with E-state index in [9.17, 15) is 9.59 Å². The van der Waals surface area contributed by atoms with Crippen LogP contribution in [0.1, 0.15) is 29.8 Å². The van der Waals surface area contributed by atoms with Gasteiger partial charge in [0.25, 0.3) is 5.91 Å². The van der Waals surface area contributed by atoms with E-state index in [1.807, 2.05) is 44.2 Å². The van der Waals surface area contributed by atoms with E-state index in [1.54, 1.807) is 17.0 Å². The van der Waals surface area contributed by atoms with Crippen LogP contribution in [0.25, 0.3) is 0 Å². The molecule has 0 fully saturated rings. The maximum atomic E-state index is 12.5. The van der Waals surface area contributed by atoms with E-state index >= 15 is 0 Å². The van der Waals surface area contributed by atoms with Gasteiger partial charge in [-0.15, -0.1) is 11.8 Å². The van der Waals surface area contributed by atoms with Crippen LogP contribution in [0, 0.1) is 0 Å². The first-order valence-electron chi connectivity index (χ1n) is 8.07. The lowest BCUT2D eigenvalue weighted by atomic mass is 10.1. The Labute approximate surface area is 156 Å². The van der Waals surface area contributed by atoms with Crippen molar-refractivity contribution in [3.8, 4) is 0 Å². The van der Waals surface area contributed by atoms with Crippen molar-refractivity contribution >= 4 is 40.9 Å². The van der Waals surface area contributed by atoms with Crippen LogP contribution in [0.2, 0.25) is 5.02 Å². The lowest BCUT2D eigenvalue weighted by Gasteiger charge is -2.29. The van der Waals surface area contributed by atoms with Gasteiger partial charge >= 0.3 is 0 Å². The number of carbonyl (C=O) groups excluding carboxylic acids is 2. The minimum Gasteiger partial charge on any atom is -0.350 e. The maximum absolute atomic E-state index is 12.5. The average Bonchev–Trinajstić information content (AvgIpc) is 2.58. The molecule has 0 unspecified atom stereocenters. The van der Waals surface area contributed by atoms with Crippen molar-refractivity contribution in [1.29, 1.82) is 0 Å². The molecule has 0 aliphatic carbocycles. The van der Waals surface area contributed by atoms with Crippen molar-refractivity contribution in [2.75, 3.05) is 10.7 Å². The molecule has 0 saturated carbocycles. The first-order chi connectivity index (χ1) is 12.0. The Hall–Kier alpha value is -1.98. The number of thioether (sulfide) groups is 1. The van der Waals surface area contributed by atoms with Crippen molar-refractivity contribution < 1.29 is 9.59 Å². The van der Waals surface area contributed by atoms with Gasteiger partial charge in [-0.3, -0.25) is 9.59 Å². The van der Waals surface area contributed by atoms with Crippen molar-refractivity contribution in [3.63, 3.8) is 0 Å². The number of nitrogens with zero attached hydrogens (tertiary/aromatic N) is 1. The van der Waals surface area contributed by atoms with Crippen molar-refractivity contribution in [3.05, 3.63) is 58.6 Å². The molecule has 0 spiro atoms. The molecule has 0 atom stereocenters. The lowest BCUT2D eigenvalue weighted by molar-refractivity contribution is -0.116. The summed E-state index contributed by atoms with van der Waals surface area (Å²) < 4.78 is 0. The van der Waals surface area contributed by atoms with Gasteiger partial charge < -0.3 is 10.2 Å². The fourth-order valence-corrected chi connectivity index (χ4v) is 3.77. The average molecular weight is 375 g/mol. The first kappa shape index (κ1) is 17.8. The molecule has 1 aliphatic heterocycles. The molecule has 2 amide bonds. The molecule has 1 heterocycles. The summed E-state index contributed by atoms with van der Waals surface area (Å²) >= 11 is 7.74. The highest BCUT2D eigenvalue weighted by molar-refractivity contribution is 8.00. The van der Waals surface area contributed by atoms with Gasteiger partial charge in [0, 0.05) is 21.5 Å². The second kappa shape index (κ2) is 7.50. The van der Waals surface area contributed by atoms with Crippen LogP contribution in [-0.4, -0.2) is 23.6 Å².